The number of carbonyl (C=O) groups is 1. The lowest BCUT2D eigenvalue weighted by Crippen LogP contribution is -2.20. The van der Waals surface area contributed by atoms with Gasteiger partial charge in [-0.15, -0.1) is 0 Å². The second kappa shape index (κ2) is 4.67. The van der Waals surface area contributed by atoms with Crippen LogP contribution in [0.2, 0.25) is 0 Å². The van der Waals surface area contributed by atoms with Crippen LogP contribution in [0.5, 0.6) is 11.5 Å². The molecular weight excluding hydrogens is 256 g/mol. The third kappa shape index (κ3) is 1.95. The molecular formula is C15H16N2O3. The van der Waals surface area contributed by atoms with Gasteiger partial charge in [-0.3, -0.25) is 9.48 Å². The van der Waals surface area contributed by atoms with Crippen LogP contribution in [0, 0.1) is 6.92 Å². The van der Waals surface area contributed by atoms with Gasteiger partial charge in [-0.05, 0) is 19.1 Å². The molecule has 104 valence electrons. The van der Waals surface area contributed by atoms with Gasteiger partial charge in [0.05, 0.1) is 25.3 Å². The fourth-order valence-electron chi connectivity index (χ4n) is 2.44. The minimum absolute atomic E-state index is 0.0853. The lowest BCUT2D eigenvalue weighted by atomic mass is 9.96. The molecule has 3 rings (SSSR count). The Hall–Kier alpha value is -2.30. The van der Waals surface area contributed by atoms with Crippen LogP contribution in [-0.4, -0.2) is 22.7 Å². The van der Waals surface area contributed by atoms with E-state index in [9.17, 15) is 4.79 Å². The number of ether oxygens (including phenoxy) is 2. The lowest BCUT2D eigenvalue weighted by Gasteiger charge is -2.25. The number of fused-ring (bicyclic) bond motifs is 1. The Kier molecular flexibility index (Phi) is 2.97. The summed E-state index contributed by atoms with van der Waals surface area (Å²) in [5, 5.41) is 4.21. The number of ketones is 1. The van der Waals surface area contributed by atoms with Crippen LogP contribution in [0.15, 0.2) is 24.4 Å². The van der Waals surface area contributed by atoms with Gasteiger partial charge in [0.1, 0.15) is 17.6 Å². The van der Waals surface area contributed by atoms with E-state index in [4.69, 9.17) is 9.47 Å². The molecule has 20 heavy (non-hydrogen) atoms. The Morgan fingerprint density at radius 1 is 1.45 bits per heavy atom. The predicted molar refractivity (Wildman–Crippen MR) is 73.3 cm³/mol. The fraction of sp³-hybridized carbons (Fsp3) is 0.333. The second-order valence-corrected chi connectivity index (χ2v) is 4.90. The smallest absolute Gasteiger partial charge is 0.170 e. The molecule has 0 radical (unpaired) electrons. The van der Waals surface area contributed by atoms with Crippen molar-refractivity contribution in [3.63, 3.8) is 0 Å². The van der Waals surface area contributed by atoms with Gasteiger partial charge >= 0.3 is 0 Å². The molecule has 0 saturated carbocycles. The van der Waals surface area contributed by atoms with Crippen molar-refractivity contribution in [3.8, 4) is 11.5 Å². The molecule has 5 heteroatoms. The van der Waals surface area contributed by atoms with Crippen molar-refractivity contribution < 1.29 is 14.3 Å². The van der Waals surface area contributed by atoms with E-state index >= 15 is 0 Å². The molecule has 1 atom stereocenters. The zero-order valence-corrected chi connectivity index (χ0v) is 11.7. The summed E-state index contributed by atoms with van der Waals surface area (Å²) in [6.45, 7) is 1.97. The molecule has 0 spiro atoms. The van der Waals surface area contributed by atoms with E-state index in [0.717, 1.165) is 11.3 Å². The number of aromatic nitrogens is 2. The standard InChI is InChI=1S/C15H16N2O3/c1-9-12(8-16-17(9)2)15-7-13(18)11-5-4-10(19-3)6-14(11)20-15/h4-6,8,15H,7H2,1-3H3. The first kappa shape index (κ1) is 12.7. The third-order valence-electron chi connectivity index (χ3n) is 3.75. The molecule has 0 saturated heterocycles. The first-order valence-corrected chi connectivity index (χ1v) is 6.46. The largest absolute Gasteiger partial charge is 0.497 e. The maximum atomic E-state index is 12.2. The number of rotatable bonds is 2. The molecule has 0 amide bonds. The third-order valence-corrected chi connectivity index (χ3v) is 3.75. The van der Waals surface area contributed by atoms with Crippen molar-refractivity contribution in [2.24, 2.45) is 7.05 Å². The van der Waals surface area contributed by atoms with Crippen molar-refractivity contribution >= 4 is 5.78 Å². The van der Waals surface area contributed by atoms with E-state index in [1.165, 1.54) is 0 Å². The Morgan fingerprint density at radius 3 is 2.90 bits per heavy atom. The Labute approximate surface area is 117 Å². The number of Topliss-reactive ketones (excluding diaryl/α,β-unsaturated/α-hetero) is 1. The van der Waals surface area contributed by atoms with Crippen LogP contribution < -0.4 is 9.47 Å². The van der Waals surface area contributed by atoms with Crippen LogP contribution in [0.3, 0.4) is 0 Å². The van der Waals surface area contributed by atoms with Crippen molar-refractivity contribution in [3.05, 3.63) is 41.2 Å². The number of aryl methyl sites for hydroxylation is 1. The average molecular weight is 272 g/mol. The molecule has 1 aliphatic heterocycles. The van der Waals surface area contributed by atoms with Gasteiger partial charge in [0, 0.05) is 24.4 Å². The molecule has 0 fully saturated rings. The first-order valence-electron chi connectivity index (χ1n) is 6.46. The summed E-state index contributed by atoms with van der Waals surface area (Å²) in [4.78, 5) is 12.2. The number of benzene rings is 1. The highest BCUT2D eigenvalue weighted by molar-refractivity contribution is 6.00. The fourth-order valence-corrected chi connectivity index (χ4v) is 2.44. The summed E-state index contributed by atoms with van der Waals surface area (Å²) in [5.74, 6) is 1.34. The Balaban J connectivity index is 1.99. The van der Waals surface area contributed by atoms with Crippen LogP contribution in [0.25, 0.3) is 0 Å². The number of nitrogens with zero attached hydrogens (tertiary/aromatic N) is 2. The number of methoxy groups -OCH3 is 1. The summed E-state index contributed by atoms with van der Waals surface area (Å²) in [5.41, 5.74) is 2.58. The minimum atomic E-state index is -0.282. The van der Waals surface area contributed by atoms with Gasteiger partial charge in [0.2, 0.25) is 0 Å². The SMILES string of the molecule is COc1ccc2c(c1)OC(c1cnn(C)c1C)CC2=O. The van der Waals surface area contributed by atoms with Crippen LogP contribution in [-0.2, 0) is 7.05 Å². The summed E-state index contributed by atoms with van der Waals surface area (Å²) in [6, 6.07) is 5.28. The van der Waals surface area contributed by atoms with Gasteiger partial charge < -0.3 is 9.47 Å². The molecule has 0 aliphatic carbocycles. The first-order chi connectivity index (χ1) is 9.60. The van der Waals surface area contributed by atoms with Crippen molar-refractivity contribution in [2.45, 2.75) is 19.4 Å². The van der Waals surface area contributed by atoms with E-state index < -0.39 is 0 Å². The summed E-state index contributed by atoms with van der Waals surface area (Å²) in [7, 11) is 3.47. The average Bonchev–Trinajstić information content (AvgIpc) is 2.78. The molecule has 2 aromatic rings. The summed E-state index contributed by atoms with van der Waals surface area (Å²) < 4.78 is 12.9. The van der Waals surface area contributed by atoms with Gasteiger partial charge in [0.25, 0.3) is 0 Å². The van der Waals surface area contributed by atoms with Crippen molar-refractivity contribution in [2.75, 3.05) is 7.11 Å². The molecule has 1 unspecified atom stereocenters. The van der Waals surface area contributed by atoms with Gasteiger partial charge in [-0.2, -0.15) is 5.10 Å². The predicted octanol–water partition coefficient (Wildman–Crippen LogP) is 2.44. The number of carbonyl (C=O) groups excluding carboxylic acids is 1. The zero-order valence-electron chi connectivity index (χ0n) is 11.7. The molecule has 2 heterocycles. The van der Waals surface area contributed by atoms with Crippen LogP contribution >= 0.6 is 0 Å². The quantitative estimate of drug-likeness (QED) is 0.842. The lowest BCUT2D eigenvalue weighted by molar-refractivity contribution is 0.0849. The number of hydrogen-bond acceptors (Lipinski definition) is 4. The molecule has 0 N–H and O–H groups in total. The van der Waals surface area contributed by atoms with Crippen LogP contribution in [0.1, 0.15) is 34.1 Å². The van der Waals surface area contributed by atoms with Crippen molar-refractivity contribution in [1.82, 2.24) is 9.78 Å². The highest BCUT2D eigenvalue weighted by Crippen LogP contribution is 2.37. The van der Waals surface area contributed by atoms with Crippen LogP contribution in [0.4, 0.5) is 0 Å². The molecule has 5 nitrogen and oxygen atoms in total. The van der Waals surface area contributed by atoms with E-state index in [1.807, 2.05) is 14.0 Å². The van der Waals surface area contributed by atoms with E-state index in [2.05, 4.69) is 5.10 Å². The molecule has 0 bridgehead atoms. The summed E-state index contributed by atoms with van der Waals surface area (Å²) >= 11 is 0. The second-order valence-electron chi connectivity index (χ2n) is 4.90. The van der Waals surface area contributed by atoms with E-state index in [1.54, 1.807) is 36.2 Å². The maximum Gasteiger partial charge on any atom is 0.170 e. The number of hydrogen-bond donors (Lipinski definition) is 0. The maximum absolute atomic E-state index is 12.2. The topological polar surface area (TPSA) is 53.4 Å². The van der Waals surface area contributed by atoms with E-state index in [-0.39, 0.29) is 11.9 Å². The van der Waals surface area contributed by atoms with Gasteiger partial charge in [-0.25, -0.2) is 0 Å². The van der Waals surface area contributed by atoms with E-state index in [0.29, 0.717) is 23.5 Å². The molecule has 1 aliphatic rings. The van der Waals surface area contributed by atoms with Gasteiger partial charge in [0.15, 0.2) is 5.78 Å². The monoisotopic (exact) mass is 272 g/mol. The van der Waals surface area contributed by atoms with Gasteiger partial charge in [-0.1, -0.05) is 0 Å². The summed E-state index contributed by atoms with van der Waals surface area (Å²) in [6.07, 6.45) is 1.82. The highest BCUT2D eigenvalue weighted by Gasteiger charge is 2.30. The molecule has 1 aromatic carbocycles. The zero-order chi connectivity index (χ0) is 14.3. The minimum Gasteiger partial charge on any atom is -0.497 e. The van der Waals surface area contributed by atoms with Crippen molar-refractivity contribution in [1.29, 1.82) is 0 Å². The highest BCUT2D eigenvalue weighted by atomic mass is 16.5. The Morgan fingerprint density at radius 2 is 2.25 bits per heavy atom. The Bertz CT molecular complexity index is 676. The molecule has 1 aromatic heterocycles. The normalized spacial score (nSPS) is 17.6.